The standard InChI is InChI=1S/C17H22N8OS/c1-2-25-14(10-24-7-3-6-19-24)21-22-16(25)12-4-8-23(9-5-12)17-20-13(11-27-17)15(18)26/h3,6-7,11-12H,2,4-5,8-10H2,1H3,(H2,18,26). The number of carbonyl (C=O) groups excluding carboxylic acids is 1. The number of rotatable bonds is 6. The van der Waals surface area contributed by atoms with Crippen molar-refractivity contribution in [3.63, 3.8) is 0 Å². The molecule has 1 aliphatic heterocycles. The van der Waals surface area contributed by atoms with Crippen LogP contribution in [0.5, 0.6) is 0 Å². The minimum atomic E-state index is -0.479. The Kier molecular flexibility index (Phi) is 4.88. The molecule has 0 aromatic carbocycles. The van der Waals surface area contributed by atoms with E-state index in [-0.39, 0.29) is 0 Å². The van der Waals surface area contributed by atoms with E-state index in [1.54, 1.807) is 11.6 Å². The second kappa shape index (κ2) is 7.47. The summed E-state index contributed by atoms with van der Waals surface area (Å²) in [5, 5.41) is 15.7. The Morgan fingerprint density at radius 3 is 2.78 bits per heavy atom. The first-order valence-electron chi connectivity index (χ1n) is 9.05. The van der Waals surface area contributed by atoms with Crippen LogP contribution in [0.3, 0.4) is 0 Å². The first-order chi connectivity index (χ1) is 13.2. The zero-order valence-electron chi connectivity index (χ0n) is 15.2. The molecule has 10 heteroatoms. The zero-order valence-corrected chi connectivity index (χ0v) is 16.0. The van der Waals surface area contributed by atoms with Crippen LogP contribution < -0.4 is 10.6 Å². The van der Waals surface area contributed by atoms with Crippen molar-refractivity contribution in [2.24, 2.45) is 5.73 Å². The highest BCUT2D eigenvalue weighted by atomic mass is 32.1. The molecule has 0 spiro atoms. The highest BCUT2D eigenvalue weighted by molar-refractivity contribution is 7.13. The van der Waals surface area contributed by atoms with Crippen LogP contribution in [0.25, 0.3) is 0 Å². The first-order valence-corrected chi connectivity index (χ1v) is 9.93. The Hall–Kier alpha value is -2.75. The van der Waals surface area contributed by atoms with E-state index < -0.39 is 5.91 Å². The second-order valence-corrected chi connectivity index (χ2v) is 7.40. The van der Waals surface area contributed by atoms with Gasteiger partial charge in [0.15, 0.2) is 11.0 Å². The fourth-order valence-electron chi connectivity index (χ4n) is 3.50. The molecule has 1 amide bonds. The summed E-state index contributed by atoms with van der Waals surface area (Å²) in [7, 11) is 0. The summed E-state index contributed by atoms with van der Waals surface area (Å²) in [5.74, 6) is 1.88. The Morgan fingerprint density at radius 1 is 1.33 bits per heavy atom. The van der Waals surface area contributed by atoms with Gasteiger partial charge in [0.2, 0.25) is 0 Å². The molecule has 4 rings (SSSR count). The van der Waals surface area contributed by atoms with Gasteiger partial charge in [0.25, 0.3) is 5.91 Å². The summed E-state index contributed by atoms with van der Waals surface area (Å²) in [6.07, 6.45) is 5.66. The Labute approximate surface area is 160 Å². The third kappa shape index (κ3) is 3.57. The molecule has 142 valence electrons. The molecule has 0 saturated carbocycles. The normalized spacial score (nSPS) is 15.4. The monoisotopic (exact) mass is 386 g/mol. The third-order valence-corrected chi connectivity index (χ3v) is 5.81. The van der Waals surface area contributed by atoms with Gasteiger partial charge in [-0.3, -0.25) is 9.48 Å². The Morgan fingerprint density at radius 2 is 2.15 bits per heavy atom. The van der Waals surface area contributed by atoms with Gasteiger partial charge in [-0.2, -0.15) is 5.10 Å². The SMILES string of the molecule is CCn1c(Cn2cccn2)nnc1C1CCN(c2nc(C(N)=O)cs2)CC1. The molecule has 9 nitrogen and oxygen atoms in total. The summed E-state index contributed by atoms with van der Waals surface area (Å²) >= 11 is 1.47. The molecule has 0 atom stereocenters. The number of thiazole rings is 1. The number of hydrogen-bond acceptors (Lipinski definition) is 7. The molecule has 0 unspecified atom stereocenters. The van der Waals surface area contributed by atoms with Crippen LogP contribution in [-0.4, -0.2) is 48.5 Å². The smallest absolute Gasteiger partial charge is 0.268 e. The van der Waals surface area contributed by atoms with Gasteiger partial charge >= 0.3 is 0 Å². The molecule has 3 aromatic heterocycles. The summed E-state index contributed by atoms with van der Waals surface area (Å²) < 4.78 is 4.07. The summed E-state index contributed by atoms with van der Waals surface area (Å²) in [4.78, 5) is 17.8. The van der Waals surface area contributed by atoms with Crippen molar-refractivity contribution in [1.82, 2.24) is 29.5 Å². The van der Waals surface area contributed by atoms with Crippen LogP contribution in [0.2, 0.25) is 0 Å². The summed E-state index contributed by atoms with van der Waals surface area (Å²) in [6.45, 7) is 5.34. The Balaban J connectivity index is 1.44. The van der Waals surface area contributed by atoms with Gasteiger partial charge in [0.05, 0.1) is 0 Å². The van der Waals surface area contributed by atoms with Gasteiger partial charge in [-0.25, -0.2) is 4.98 Å². The van der Waals surface area contributed by atoms with Crippen molar-refractivity contribution in [3.05, 3.63) is 41.2 Å². The maximum atomic E-state index is 11.2. The van der Waals surface area contributed by atoms with Crippen LogP contribution in [0.4, 0.5) is 5.13 Å². The molecule has 27 heavy (non-hydrogen) atoms. The molecule has 0 radical (unpaired) electrons. The second-order valence-electron chi connectivity index (χ2n) is 6.56. The Bertz CT molecular complexity index is 907. The van der Waals surface area contributed by atoms with Crippen molar-refractivity contribution in [2.75, 3.05) is 18.0 Å². The predicted octanol–water partition coefficient (Wildman–Crippen LogP) is 1.48. The number of nitrogens with zero attached hydrogens (tertiary/aromatic N) is 7. The van der Waals surface area contributed by atoms with Gasteiger partial charge in [-0.1, -0.05) is 0 Å². The fraction of sp³-hybridized carbons (Fsp3) is 0.471. The van der Waals surface area contributed by atoms with Crippen molar-refractivity contribution < 1.29 is 4.79 Å². The van der Waals surface area contributed by atoms with Crippen LogP contribution in [0, 0.1) is 0 Å². The minimum absolute atomic E-state index is 0.339. The molecule has 1 saturated heterocycles. The van der Waals surface area contributed by atoms with E-state index in [9.17, 15) is 4.79 Å². The van der Waals surface area contributed by atoms with E-state index in [0.717, 1.165) is 49.3 Å². The van der Waals surface area contributed by atoms with E-state index in [0.29, 0.717) is 18.2 Å². The van der Waals surface area contributed by atoms with Crippen LogP contribution in [0.15, 0.2) is 23.8 Å². The quantitative estimate of drug-likeness (QED) is 0.687. The number of hydrogen-bond donors (Lipinski definition) is 1. The van der Waals surface area contributed by atoms with E-state index >= 15 is 0 Å². The van der Waals surface area contributed by atoms with Crippen LogP contribution in [-0.2, 0) is 13.1 Å². The molecule has 1 aliphatic rings. The topological polar surface area (TPSA) is 108 Å². The van der Waals surface area contributed by atoms with Gasteiger partial charge in [-0.15, -0.1) is 21.5 Å². The van der Waals surface area contributed by atoms with Crippen LogP contribution in [0.1, 0.15) is 47.8 Å². The number of aromatic nitrogens is 6. The summed E-state index contributed by atoms with van der Waals surface area (Å²) in [5.41, 5.74) is 5.64. The van der Waals surface area contributed by atoms with Gasteiger partial charge < -0.3 is 15.2 Å². The molecular weight excluding hydrogens is 364 g/mol. The zero-order chi connectivity index (χ0) is 18.8. The van der Waals surface area contributed by atoms with E-state index in [1.165, 1.54) is 11.3 Å². The van der Waals surface area contributed by atoms with E-state index in [4.69, 9.17) is 5.73 Å². The molecule has 3 aromatic rings. The lowest BCUT2D eigenvalue weighted by molar-refractivity contribution is 0.0996. The van der Waals surface area contributed by atoms with E-state index in [2.05, 4.69) is 36.7 Å². The van der Waals surface area contributed by atoms with E-state index in [1.807, 2.05) is 16.9 Å². The lowest BCUT2D eigenvalue weighted by atomic mass is 9.96. The number of primary amides is 1. The highest BCUT2D eigenvalue weighted by Gasteiger charge is 2.27. The molecule has 2 N–H and O–H groups in total. The van der Waals surface area contributed by atoms with Gasteiger partial charge in [0.1, 0.15) is 18.1 Å². The molecule has 0 bridgehead atoms. The fourth-order valence-corrected chi connectivity index (χ4v) is 4.37. The average Bonchev–Trinajstić information content (AvgIpc) is 3.43. The lowest BCUT2D eigenvalue weighted by Gasteiger charge is -2.31. The first kappa shape index (κ1) is 17.7. The molecule has 0 aliphatic carbocycles. The minimum Gasteiger partial charge on any atom is -0.364 e. The summed E-state index contributed by atoms with van der Waals surface area (Å²) in [6, 6.07) is 1.91. The van der Waals surface area contributed by atoms with Crippen molar-refractivity contribution in [2.45, 2.75) is 38.8 Å². The van der Waals surface area contributed by atoms with Crippen molar-refractivity contribution in [1.29, 1.82) is 0 Å². The van der Waals surface area contributed by atoms with Crippen molar-refractivity contribution in [3.8, 4) is 0 Å². The predicted molar refractivity (Wildman–Crippen MR) is 102 cm³/mol. The largest absolute Gasteiger partial charge is 0.364 e. The number of carbonyl (C=O) groups is 1. The number of anilines is 1. The number of amides is 1. The average molecular weight is 386 g/mol. The third-order valence-electron chi connectivity index (χ3n) is 4.91. The highest BCUT2D eigenvalue weighted by Crippen LogP contribution is 2.31. The van der Waals surface area contributed by atoms with Gasteiger partial charge in [0, 0.05) is 43.3 Å². The number of nitrogens with two attached hydrogens (primary N) is 1. The lowest BCUT2D eigenvalue weighted by Crippen LogP contribution is -2.33. The molecule has 4 heterocycles. The molecular formula is C17H22N8OS. The number of piperidine rings is 1. The van der Waals surface area contributed by atoms with Crippen molar-refractivity contribution >= 4 is 22.4 Å². The van der Waals surface area contributed by atoms with Crippen LogP contribution >= 0.6 is 11.3 Å². The molecule has 1 fully saturated rings. The maximum Gasteiger partial charge on any atom is 0.268 e. The van der Waals surface area contributed by atoms with Gasteiger partial charge in [-0.05, 0) is 25.8 Å². The maximum absolute atomic E-state index is 11.2.